The minimum atomic E-state index is -3.67. The predicted octanol–water partition coefficient (Wildman–Crippen LogP) is 1.70. The third-order valence-electron chi connectivity index (χ3n) is 2.11. The molecule has 0 saturated heterocycles. The number of sulfonamides is 1. The lowest BCUT2D eigenvalue weighted by atomic mass is 10.4. The number of hydrogen-bond acceptors (Lipinski definition) is 3. The van der Waals surface area contributed by atoms with Crippen molar-refractivity contribution in [3.8, 4) is 0 Å². The molecule has 1 rings (SSSR count). The molecule has 0 aliphatic rings. The van der Waals surface area contributed by atoms with Crippen molar-refractivity contribution >= 4 is 10.0 Å². The second-order valence-electron chi connectivity index (χ2n) is 3.54. The number of rotatable bonds is 8. The van der Waals surface area contributed by atoms with E-state index in [0.29, 0.717) is 6.61 Å². The Kier molecular flexibility index (Phi) is 5.97. The highest BCUT2D eigenvalue weighted by Gasteiger charge is 2.13. The monoisotopic (exact) mass is 273 g/mol. The molecule has 0 amide bonds. The molecule has 0 bridgehead atoms. The van der Waals surface area contributed by atoms with Crippen LogP contribution in [-0.2, 0) is 14.8 Å². The lowest BCUT2D eigenvalue weighted by Crippen LogP contribution is -2.27. The fraction of sp³-hybridized carbons (Fsp3) is 0.333. The quantitative estimate of drug-likeness (QED) is 0.579. The van der Waals surface area contributed by atoms with Crippen molar-refractivity contribution in [2.24, 2.45) is 0 Å². The van der Waals surface area contributed by atoms with Crippen LogP contribution in [0.5, 0.6) is 0 Å². The van der Waals surface area contributed by atoms with E-state index in [1.807, 2.05) is 0 Å². The van der Waals surface area contributed by atoms with E-state index in [-0.39, 0.29) is 18.0 Å². The Labute approximate surface area is 107 Å². The van der Waals surface area contributed by atoms with Gasteiger partial charge in [0.2, 0.25) is 10.0 Å². The number of hydrogen-bond donors (Lipinski definition) is 1. The molecule has 100 valence electrons. The van der Waals surface area contributed by atoms with Gasteiger partial charge in [-0.2, -0.15) is 0 Å². The zero-order chi connectivity index (χ0) is 13.4. The summed E-state index contributed by atoms with van der Waals surface area (Å²) in [5, 5.41) is 0. The molecule has 0 heterocycles. The zero-order valence-corrected chi connectivity index (χ0v) is 10.7. The first-order valence-electron chi connectivity index (χ1n) is 5.50. The molecule has 1 aromatic rings. The van der Waals surface area contributed by atoms with E-state index in [2.05, 4.69) is 11.3 Å². The van der Waals surface area contributed by atoms with Crippen LogP contribution < -0.4 is 4.72 Å². The van der Waals surface area contributed by atoms with Gasteiger partial charge in [0.05, 0.1) is 18.1 Å². The molecule has 18 heavy (non-hydrogen) atoms. The summed E-state index contributed by atoms with van der Waals surface area (Å²) in [6, 6.07) is 4.85. The molecule has 0 unspecified atom stereocenters. The second kappa shape index (κ2) is 7.25. The molecule has 1 N–H and O–H groups in total. The minimum Gasteiger partial charge on any atom is -0.380 e. The highest BCUT2D eigenvalue weighted by molar-refractivity contribution is 7.89. The molecular formula is C12H16FNO3S. The molecule has 0 aromatic heterocycles. The first-order valence-corrected chi connectivity index (χ1v) is 6.98. The third kappa shape index (κ3) is 4.95. The Bertz CT molecular complexity index is 488. The maximum absolute atomic E-state index is 12.9. The Morgan fingerprint density at radius 3 is 2.83 bits per heavy atom. The van der Waals surface area contributed by atoms with Crippen LogP contribution in [0.15, 0.2) is 41.8 Å². The van der Waals surface area contributed by atoms with Crippen LogP contribution in [-0.4, -0.2) is 28.2 Å². The SMILES string of the molecule is C=CCCOCCNS(=O)(=O)c1cccc(F)c1. The molecule has 0 aliphatic carbocycles. The van der Waals surface area contributed by atoms with Gasteiger partial charge in [-0.15, -0.1) is 6.58 Å². The van der Waals surface area contributed by atoms with E-state index in [4.69, 9.17) is 4.74 Å². The van der Waals surface area contributed by atoms with Gasteiger partial charge in [-0.3, -0.25) is 0 Å². The Hall–Kier alpha value is -1.24. The lowest BCUT2D eigenvalue weighted by Gasteiger charge is -2.07. The average Bonchev–Trinajstić information content (AvgIpc) is 2.33. The molecule has 0 atom stereocenters. The molecule has 0 spiro atoms. The Balaban J connectivity index is 2.43. The van der Waals surface area contributed by atoms with Crippen LogP contribution in [0.1, 0.15) is 6.42 Å². The van der Waals surface area contributed by atoms with E-state index in [9.17, 15) is 12.8 Å². The standard InChI is InChI=1S/C12H16FNO3S/c1-2-3-8-17-9-7-14-18(15,16)12-6-4-5-11(13)10-12/h2,4-6,10,14H,1,3,7-9H2. The minimum absolute atomic E-state index is 0.0893. The van der Waals surface area contributed by atoms with Crippen molar-refractivity contribution in [2.75, 3.05) is 19.8 Å². The Morgan fingerprint density at radius 1 is 1.39 bits per heavy atom. The summed E-state index contributed by atoms with van der Waals surface area (Å²) in [6.45, 7) is 4.46. The van der Waals surface area contributed by atoms with E-state index in [0.717, 1.165) is 12.5 Å². The zero-order valence-electron chi connectivity index (χ0n) is 9.93. The van der Waals surface area contributed by atoms with E-state index < -0.39 is 15.8 Å². The Morgan fingerprint density at radius 2 is 2.17 bits per heavy atom. The van der Waals surface area contributed by atoms with Gasteiger partial charge in [0.15, 0.2) is 0 Å². The molecule has 1 aromatic carbocycles. The third-order valence-corrected chi connectivity index (χ3v) is 3.57. The summed E-state index contributed by atoms with van der Waals surface area (Å²) in [5.74, 6) is -0.583. The van der Waals surface area contributed by atoms with Crippen LogP contribution in [0.4, 0.5) is 4.39 Å². The van der Waals surface area contributed by atoms with Gasteiger partial charge in [-0.25, -0.2) is 17.5 Å². The number of benzene rings is 1. The van der Waals surface area contributed by atoms with Gasteiger partial charge in [-0.1, -0.05) is 12.1 Å². The second-order valence-corrected chi connectivity index (χ2v) is 5.31. The van der Waals surface area contributed by atoms with E-state index in [1.165, 1.54) is 18.2 Å². The summed E-state index contributed by atoms with van der Waals surface area (Å²) in [6.07, 6.45) is 2.44. The molecule has 0 fully saturated rings. The predicted molar refractivity (Wildman–Crippen MR) is 67.2 cm³/mol. The van der Waals surface area contributed by atoms with Gasteiger partial charge in [0, 0.05) is 6.54 Å². The molecule has 0 radical (unpaired) electrons. The normalized spacial score (nSPS) is 11.4. The largest absolute Gasteiger partial charge is 0.380 e. The van der Waals surface area contributed by atoms with Crippen molar-refractivity contribution in [1.29, 1.82) is 0 Å². The van der Waals surface area contributed by atoms with E-state index >= 15 is 0 Å². The van der Waals surface area contributed by atoms with Gasteiger partial charge in [-0.05, 0) is 24.6 Å². The molecule has 4 nitrogen and oxygen atoms in total. The van der Waals surface area contributed by atoms with Crippen molar-refractivity contribution in [3.63, 3.8) is 0 Å². The van der Waals surface area contributed by atoms with Gasteiger partial charge >= 0.3 is 0 Å². The fourth-order valence-corrected chi connectivity index (χ4v) is 2.28. The molecule has 6 heteroatoms. The summed E-state index contributed by atoms with van der Waals surface area (Å²) in [4.78, 5) is -0.0893. The van der Waals surface area contributed by atoms with Gasteiger partial charge in [0.25, 0.3) is 0 Å². The van der Waals surface area contributed by atoms with E-state index in [1.54, 1.807) is 6.08 Å². The number of nitrogens with one attached hydrogen (secondary N) is 1. The summed E-state index contributed by atoms with van der Waals surface area (Å²) in [7, 11) is -3.67. The number of halogens is 1. The fourth-order valence-electron chi connectivity index (χ4n) is 1.23. The van der Waals surface area contributed by atoms with Crippen molar-refractivity contribution in [2.45, 2.75) is 11.3 Å². The first-order chi connectivity index (χ1) is 8.56. The van der Waals surface area contributed by atoms with Crippen LogP contribution in [0, 0.1) is 5.82 Å². The van der Waals surface area contributed by atoms with Crippen molar-refractivity contribution < 1.29 is 17.5 Å². The molecule has 0 saturated carbocycles. The highest BCUT2D eigenvalue weighted by Crippen LogP contribution is 2.09. The van der Waals surface area contributed by atoms with Gasteiger partial charge in [0.1, 0.15) is 5.82 Å². The van der Waals surface area contributed by atoms with Crippen molar-refractivity contribution in [3.05, 3.63) is 42.7 Å². The maximum atomic E-state index is 12.9. The topological polar surface area (TPSA) is 55.4 Å². The first kappa shape index (κ1) is 14.8. The molecular weight excluding hydrogens is 257 g/mol. The van der Waals surface area contributed by atoms with Crippen LogP contribution in [0.3, 0.4) is 0 Å². The average molecular weight is 273 g/mol. The van der Waals surface area contributed by atoms with Crippen LogP contribution in [0.25, 0.3) is 0 Å². The smallest absolute Gasteiger partial charge is 0.240 e. The number of ether oxygens (including phenoxy) is 1. The van der Waals surface area contributed by atoms with Crippen molar-refractivity contribution in [1.82, 2.24) is 4.72 Å². The van der Waals surface area contributed by atoms with Crippen LogP contribution >= 0.6 is 0 Å². The summed E-state index contributed by atoms with van der Waals surface area (Å²) >= 11 is 0. The van der Waals surface area contributed by atoms with Gasteiger partial charge < -0.3 is 4.74 Å². The molecule has 0 aliphatic heterocycles. The lowest BCUT2D eigenvalue weighted by molar-refractivity contribution is 0.144. The highest BCUT2D eigenvalue weighted by atomic mass is 32.2. The summed E-state index contributed by atoms with van der Waals surface area (Å²) in [5.41, 5.74) is 0. The van der Waals surface area contributed by atoms with Crippen LogP contribution in [0.2, 0.25) is 0 Å². The summed E-state index contributed by atoms with van der Waals surface area (Å²) < 4.78 is 43.8. The maximum Gasteiger partial charge on any atom is 0.240 e.